The van der Waals surface area contributed by atoms with Gasteiger partial charge in [0.15, 0.2) is 5.82 Å². The van der Waals surface area contributed by atoms with Gasteiger partial charge in [-0.1, -0.05) is 12.2 Å². The predicted octanol–water partition coefficient (Wildman–Crippen LogP) is 7.63. The van der Waals surface area contributed by atoms with E-state index >= 15 is 0 Å². The maximum atomic E-state index is 14.4. The number of carbonyl (C=O) groups is 1. The highest BCUT2D eigenvalue weighted by Gasteiger charge is 2.53. The number of aliphatic hydroxyl groups is 3. The van der Waals surface area contributed by atoms with Crippen molar-refractivity contribution in [2.24, 2.45) is 11.8 Å². The number of benzene rings is 2. The fraction of sp³-hybridized carbons (Fsp3) is 0.404. The summed E-state index contributed by atoms with van der Waals surface area (Å²) in [6.45, 7) is 0.837. The van der Waals surface area contributed by atoms with Gasteiger partial charge in [0.2, 0.25) is 17.5 Å². The van der Waals surface area contributed by atoms with E-state index in [9.17, 15) is 28.9 Å². The average molecular weight is 946 g/mol. The van der Waals surface area contributed by atoms with Crippen LogP contribution in [0.15, 0.2) is 96.2 Å². The van der Waals surface area contributed by atoms with Gasteiger partial charge in [0, 0.05) is 60.1 Å². The number of thioether (sulfide) groups is 1. The van der Waals surface area contributed by atoms with Gasteiger partial charge in [-0.25, -0.2) is 18.7 Å². The van der Waals surface area contributed by atoms with Crippen LogP contribution in [-0.4, -0.2) is 92.0 Å². The Morgan fingerprint density at radius 3 is 2.35 bits per heavy atom. The van der Waals surface area contributed by atoms with E-state index in [2.05, 4.69) is 20.6 Å². The highest BCUT2D eigenvalue weighted by molar-refractivity contribution is 8.00. The lowest BCUT2D eigenvalue weighted by molar-refractivity contribution is -0.138. The summed E-state index contributed by atoms with van der Waals surface area (Å²) in [6, 6.07) is 20.2. The third kappa shape index (κ3) is 10.1. The number of rotatable bonds is 16. The largest absolute Gasteiger partial charge is 0.497 e. The first kappa shape index (κ1) is 47.4. The third-order valence-corrected chi connectivity index (χ3v) is 15.0. The number of halogens is 2. The maximum absolute atomic E-state index is 14.4. The van der Waals surface area contributed by atoms with Gasteiger partial charge in [0.25, 0.3) is 0 Å². The summed E-state index contributed by atoms with van der Waals surface area (Å²) >= 11 is 1.34. The van der Waals surface area contributed by atoms with E-state index in [1.54, 1.807) is 43.7 Å². The SMILES string of the molecule is COc1ccc2nccc(C[C@H](O)[C@H]3CC[C@H](NCc4ccc5c(n4)N(C(O)(c4ccnc6ccc(OC)nc46)C(O)[C@H]4CC[C@H](NC/C=C/c6cc(F)ccc6F)CC4)C(=O)CS5)CC3)c2c1. The summed E-state index contributed by atoms with van der Waals surface area (Å²) < 4.78 is 38.8. The van der Waals surface area contributed by atoms with Crippen molar-refractivity contribution in [3.63, 3.8) is 0 Å². The van der Waals surface area contributed by atoms with Crippen molar-refractivity contribution in [1.82, 2.24) is 30.6 Å². The number of carbonyl (C=O) groups excluding carboxylic acids is 1. The number of fused-ring (bicyclic) bond motifs is 3. The molecule has 5 N–H and O–H groups in total. The van der Waals surface area contributed by atoms with Crippen molar-refractivity contribution >= 4 is 51.5 Å². The van der Waals surface area contributed by atoms with Crippen molar-refractivity contribution in [2.45, 2.75) is 99.2 Å². The molecule has 0 radical (unpaired) electrons. The first-order valence-electron chi connectivity index (χ1n) is 23.4. The molecule has 6 aromatic rings. The molecule has 2 saturated carbocycles. The number of nitrogens with one attached hydrogen (secondary N) is 2. The van der Waals surface area contributed by atoms with Crippen LogP contribution in [0, 0.1) is 23.5 Å². The van der Waals surface area contributed by atoms with Crippen LogP contribution in [-0.2, 0) is 23.5 Å². The second-order valence-electron chi connectivity index (χ2n) is 18.1. The van der Waals surface area contributed by atoms with E-state index in [1.807, 2.05) is 36.4 Å². The highest BCUT2D eigenvalue weighted by atomic mass is 32.2. The van der Waals surface area contributed by atoms with Gasteiger partial charge < -0.3 is 35.4 Å². The topological polar surface area (TPSA) is 175 Å². The maximum Gasteiger partial charge on any atom is 0.241 e. The second kappa shape index (κ2) is 20.9. The molecule has 16 heteroatoms. The fourth-order valence-electron chi connectivity index (χ4n) is 10.2. The third-order valence-electron chi connectivity index (χ3n) is 14.0. The van der Waals surface area contributed by atoms with E-state index in [1.165, 1.54) is 30.0 Å². The summed E-state index contributed by atoms with van der Waals surface area (Å²) in [4.78, 5) is 35.1. The zero-order chi connectivity index (χ0) is 47.4. The first-order chi connectivity index (χ1) is 33.0. The standard InChI is InChI=1S/C52H57F2N7O6S/c1-66-39-15-17-43-40(28-39)33(21-24-56-43)27-45(62)31-5-10-37(11-6-31)58-29-38-14-19-46-51(59-38)61(48(63)30-68-46)52(65,41-22-25-57-44-18-20-47(67-2)60-49(41)44)50(64)32-7-12-36(13-8-32)55-23-3-4-34-26-35(53)9-16-42(34)54/h3-4,9,14-22,24-26,28,31-32,36-37,45,50,55,58,62,64-65H,5-8,10-13,23,27,29-30H2,1-2H3/b4-3+/t31-,32-,36-,37-,45-,50?,52?/m0/s1. The molecule has 2 aliphatic carbocycles. The molecule has 1 amide bonds. The van der Waals surface area contributed by atoms with Gasteiger partial charge in [0.05, 0.1) is 47.7 Å². The van der Waals surface area contributed by atoms with Gasteiger partial charge in [-0.05, 0) is 142 Å². The van der Waals surface area contributed by atoms with Crippen molar-refractivity contribution in [1.29, 1.82) is 0 Å². The molecule has 2 aromatic carbocycles. The smallest absolute Gasteiger partial charge is 0.241 e. The van der Waals surface area contributed by atoms with E-state index in [0.29, 0.717) is 61.3 Å². The molecule has 68 heavy (non-hydrogen) atoms. The average Bonchev–Trinajstić information content (AvgIpc) is 3.37. The van der Waals surface area contributed by atoms with Crippen molar-refractivity contribution < 1.29 is 38.4 Å². The number of methoxy groups -OCH3 is 2. The quantitative estimate of drug-likeness (QED) is 0.0642. The van der Waals surface area contributed by atoms with Crippen LogP contribution in [0.2, 0.25) is 0 Å². The van der Waals surface area contributed by atoms with Gasteiger partial charge in [-0.2, -0.15) is 0 Å². The molecular weight excluding hydrogens is 889 g/mol. The number of hydrogen-bond acceptors (Lipinski definition) is 13. The molecule has 4 aromatic heterocycles. The second-order valence-corrected chi connectivity index (χ2v) is 19.1. The summed E-state index contributed by atoms with van der Waals surface area (Å²) in [7, 11) is 3.13. The van der Waals surface area contributed by atoms with E-state index in [-0.39, 0.29) is 52.1 Å². The number of aromatic nitrogens is 4. The minimum absolute atomic E-state index is 0.0193. The summed E-state index contributed by atoms with van der Waals surface area (Å²) in [5.41, 5.74) is 1.37. The molecule has 1 aliphatic heterocycles. The Kier molecular flexibility index (Phi) is 14.6. The lowest BCUT2D eigenvalue weighted by Gasteiger charge is -2.47. The zero-order valence-corrected chi connectivity index (χ0v) is 39.0. The Labute approximate surface area is 398 Å². The van der Waals surface area contributed by atoms with Gasteiger partial charge in [-0.3, -0.25) is 19.7 Å². The van der Waals surface area contributed by atoms with Crippen LogP contribution < -0.4 is 25.0 Å². The lowest BCUT2D eigenvalue weighted by atomic mass is 9.77. The lowest BCUT2D eigenvalue weighted by Crippen LogP contribution is -2.61. The molecular formula is C52H57F2N7O6S. The summed E-state index contributed by atoms with van der Waals surface area (Å²) in [5, 5.41) is 45.6. The van der Waals surface area contributed by atoms with Crippen LogP contribution in [0.3, 0.4) is 0 Å². The number of amides is 1. The Morgan fingerprint density at radius 2 is 1.57 bits per heavy atom. The van der Waals surface area contributed by atoms with Crippen molar-refractivity contribution in [2.75, 3.05) is 31.4 Å². The van der Waals surface area contributed by atoms with Gasteiger partial charge >= 0.3 is 0 Å². The minimum atomic E-state index is -2.32. The Balaban J connectivity index is 0.909. The molecule has 356 valence electrons. The van der Waals surface area contributed by atoms with Crippen LogP contribution in [0.25, 0.3) is 28.0 Å². The van der Waals surface area contributed by atoms with E-state index < -0.39 is 41.4 Å². The van der Waals surface area contributed by atoms with Gasteiger partial charge in [-0.15, -0.1) is 11.8 Å². The number of nitrogens with zero attached hydrogens (tertiary/aromatic N) is 5. The molecule has 0 saturated heterocycles. The molecule has 3 aliphatic rings. The molecule has 9 rings (SSSR count). The van der Waals surface area contributed by atoms with Crippen molar-refractivity contribution in [3.05, 3.63) is 125 Å². The fourth-order valence-corrected chi connectivity index (χ4v) is 11.1. The molecule has 3 atom stereocenters. The Hall–Kier alpha value is -5.62. The molecule has 0 bridgehead atoms. The first-order valence-corrected chi connectivity index (χ1v) is 24.4. The predicted molar refractivity (Wildman–Crippen MR) is 258 cm³/mol. The number of hydrogen-bond donors (Lipinski definition) is 5. The molecule has 0 spiro atoms. The van der Waals surface area contributed by atoms with E-state index in [4.69, 9.17) is 19.4 Å². The number of pyridine rings is 4. The van der Waals surface area contributed by atoms with Gasteiger partial charge in [0.1, 0.15) is 29.0 Å². The Bertz CT molecular complexity index is 2790. The highest BCUT2D eigenvalue weighted by Crippen LogP contribution is 2.47. The normalized spacial score (nSPS) is 21.7. The van der Waals surface area contributed by atoms with Crippen LogP contribution in [0.1, 0.15) is 73.8 Å². The summed E-state index contributed by atoms with van der Waals surface area (Å²) in [5.74, 6) is -0.399. The number of aliphatic hydroxyl groups excluding tert-OH is 2. The Morgan fingerprint density at radius 1 is 0.838 bits per heavy atom. The van der Waals surface area contributed by atoms with Crippen LogP contribution in [0.5, 0.6) is 11.6 Å². The number of anilines is 1. The minimum Gasteiger partial charge on any atom is -0.497 e. The van der Waals surface area contributed by atoms with Crippen LogP contribution >= 0.6 is 11.8 Å². The van der Waals surface area contributed by atoms with Crippen molar-refractivity contribution in [3.8, 4) is 11.6 Å². The molecule has 2 unspecified atom stereocenters. The van der Waals surface area contributed by atoms with E-state index in [0.717, 1.165) is 66.1 Å². The number of ether oxygens (including phenoxy) is 2. The molecule has 2 fully saturated rings. The summed E-state index contributed by atoms with van der Waals surface area (Å²) in [6.07, 6.45) is 11.0. The zero-order valence-electron chi connectivity index (χ0n) is 38.2. The van der Waals surface area contributed by atoms with Crippen LogP contribution in [0.4, 0.5) is 14.6 Å². The monoisotopic (exact) mass is 945 g/mol. The molecule has 13 nitrogen and oxygen atoms in total. The molecule has 5 heterocycles.